The van der Waals surface area contributed by atoms with Crippen LogP contribution < -0.4 is 0 Å². The Kier molecular flexibility index (Phi) is 8.94. The second kappa shape index (κ2) is 11.2. The van der Waals surface area contributed by atoms with E-state index in [0.717, 1.165) is 29.5 Å². The molecule has 7 heteroatoms. The van der Waals surface area contributed by atoms with Crippen LogP contribution in [0.4, 0.5) is 4.39 Å². The van der Waals surface area contributed by atoms with E-state index >= 15 is 0 Å². The van der Waals surface area contributed by atoms with Gasteiger partial charge in [0, 0.05) is 0 Å². The van der Waals surface area contributed by atoms with E-state index in [1.54, 1.807) is 13.0 Å². The van der Waals surface area contributed by atoms with E-state index in [9.17, 15) is 18.5 Å². The smallest absolute Gasteiger partial charge is 0.310 e. The van der Waals surface area contributed by atoms with Crippen molar-refractivity contribution in [2.24, 2.45) is 0 Å². The normalized spacial score (nSPS) is 12.0. The fourth-order valence-electron chi connectivity index (χ4n) is 3.43. The Morgan fingerprint density at radius 2 is 1.80 bits per heavy atom. The molecule has 0 saturated carbocycles. The van der Waals surface area contributed by atoms with E-state index in [1.807, 2.05) is 13.0 Å². The first-order chi connectivity index (χ1) is 14.2. The highest BCUT2D eigenvalue weighted by atomic mass is 31.1. The van der Waals surface area contributed by atoms with Crippen LogP contribution in [0.2, 0.25) is 0 Å². The zero-order chi connectivity index (χ0) is 22.3. The van der Waals surface area contributed by atoms with Gasteiger partial charge >= 0.3 is 5.97 Å². The van der Waals surface area contributed by atoms with Crippen LogP contribution in [-0.4, -0.2) is 29.6 Å². The first-order valence-corrected chi connectivity index (χ1v) is 11.5. The minimum atomic E-state index is -2.55. The third-order valence-corrected chi connectivity index (χ3v) is 6.07. The van der Waals surface area contributed by atoms with Gasteiger partial charge in [-0.05, 0) is 80.0 Å². The van der Waals surface area contributed by atoms with Gasteiger partial charge in [-0.1, -0.05) is 23.8 Å². The van der Waals surface area contributed by atoms with E-state index in [0.29, 0.717) is 12.0 Å². The molecule has 5 nitrogen and oxygen atoms in total. The topological polar surface area (TPSA) is 80.7 Å². The van der Waals surface area contributed by atoms with Gasteiger partial charge < -0.3 is 9.63 Å². The van der Waals surface area contributed by atoms with Crippen LogP contribution in [0.1, 0.15) is 41.5 Å². The number of carboxylic acids is 1. The maximum atomic E-state index is 13.7. The predicted molar refractivity (Wildman–Crippen MR) is 116 cm³/mol. The average Bonchev–Trinajstić information content (AvgIpc) is 2.64. The Hall–Kier alpha value is -2.30. The zero-order valence-corrected chi connectivity index (χ0v) is 18.6. The second-order valence-corrected chi connectivity index (χ2v) is 8.92. The Bertz CT molecular complexity index is 955. The van der Waals surface area contributed by atoms with Gasteiger partial charge in [0.1, 0.15) is 12.2 Å². The van der Waals surface area contributed by atoms with Crippen LogP contribution in [0.25, 0.3) is 11.1 Å². The summed E-state index contributed by atoms with van der Waals surface area (Å²) in [5.74, 6) is -2.03. The molecule has 1 unspecified atom stereocenters. The molecular weight excluding hydrogens is 406 g/mol. The van der Waals surface area contributed by atoms with Crippen LogP contribution in [0.3, 0.4) is 0 Å². The molecule has 0 aromatic heterocycles. The Balaban J connectivity index is 1.95. The Morgan fingerprint density at radius 1 is 1.07 bits per heavy atom. The molecular formula is C23H28FO5P. The summed E-state index contributed by atoms with van der Waals surface area (Å²) < 4.78 is 30.7. The van der Waals surface area contributed by atoms with Crippen molar-refractivity contribution in [3.8, 4) is 11.1 Å². The average molecular weight is 434 g/mol. The number of Topliss-reactive ketones (excluding diaryl/α,β-unsaturated/α-hetero) is 1. The molecule has 1 N–H and O–H groups in total. The van der Waals surface area contributed by atoms with E-state index < -0.39 is 26.2 Å². The van der Waals surface area contributed by atoms with Gasteiger partial charge in [0.25, 0.3) is 0 Å². The lowest BCUT2D eigenvalue weighted by molar-refractivity contribution is -0.139. The molecule has 2 rings (SSSR count). The summed E-state index contributed by atoms with van der Waals surface area (Å²) in [6.45, 7) is 6.11. The fraction of sp³-hybridized carbons (Fsp3) is 0.391. The van der Waals surface area contributed by atoms with Crippen molar-refractivity contribution >= 4 is 19.8 Å². The third kappa shape index (κ3) is 7.19. The number of aryl methyl sites for hydroxylation is 3. The van der Waals surface area contributed by atoms with Crippen LogP contribution in [0.5, 0.6) is 0 Å². The van der Waals surface area contributed by atoms with Crippen molar-refractivity contribution in [3.63, 3.8) is 0 Å². The maximum Gasteiger partial charge on any atom is 0.310 e. The minimum absolute atomic E-state index is 0.223. The predicted octanol–water partition coefficient (Wildman–Crippen LogP) is 5.28. The molecule has 0 fully saturated rings. The molecule has 0 saturated heterocycles. The van der Waals surface area contributed by atoms with Gasteiger partial charge in [-0.15, -0.1) is 0 Å². The van der Waals surface area contributed by atoms with E-state index in [2.05, 4.69) is 19.1 Å². The number of carbonyl (C=O) groups excluding carboxylic acids is 1. The van der Waals surface area contributed by atoms with Crippen molar-refractivity contribution in [1.29, 1.82) is 0 Å². The van der Waals surface area contributed by atoms with Crippen LogP contribution in [0.15, 0.2) is 30.3 Å². The number of halogens is 1. The van der Waals surface area contributed by atoms with Crippen molar-refractivity contribution in [2.45, 2.75) is 46.5 Å². The standard InChI is InChI=1S/C23H28FO5P/c1-15-10-16(2)20(21(11-15)18-7-8-22(24)17(3)12-18)6-4-5-9-29-30(28)14-19(25)13-23(26)27/h7-8,10-12,30H,4-6,9,13-14H2,1-3H3,(H,26,27). The van der Waals surface area contributed by atoms with Crippen molar-refractivity contribution in [3.05, 3.63) is 58.4 Å². The highest BCUT2D eigenvalue weighted by Crippen LogP contribution is 2.30. The van der Waals surface area contributed by atoms with E-state index in [4.69, 9.17) is 9.63 Å². The number of unbranched alkanes of at least 4 members (excludes halogenated alkanes) is 1. The second-order valence-electron chi connectivity index (χ2n) is 7.54. The molecule has 30 heavy (non-hydrogen) atoms. The van der Waals surface area contributed by atoms with E-state index in [1.165, 1.54) is 17.2 Å². The molecule has 0 aliphatic carbocycles. The Labute approximate surface area is 177 Å². The number of hydrogen-bond donors (Lipinski definition) is 1. The van der Waals surface area contributed by atoms with Crippen molar-refractivity contribution in [2.75, 3.05) is 12.8 Å². The van der Waals surface area contributed by atoms with Crippen LogP contribution in [0, 0.1) is 26.6 Å². The number of carboxylic acid groups (broad SMARTS) is 1. The van der Waals surface area contributed by atoms with Gasteiger partial charge in [0.2, 0.25) is 0 Å². The highest BCUT2D eigenvalue weighted by Gasteiger charge is 2.13. The summed E-state index contributed by atoms with van der Waals surface area (Å²) in [7, 11) is -2.55. The molecule has 162 valence electrons. The van der Waals surface area contributed by atoms with Gasteiger partial charge in [0.05, 0.1) is 12.8 Å². The first kappa shape index (κ1) is 24.0. The largest absolute Gasteiger partial charge is 0.481 e. The lowest BCUT2D eigenvalue weighted by atomic mass is 9.90. The summed E-state index contributed by atoms with van der Waals surface area (Å²) in [4.78, 5) is 21.8. The van der Waals surface area contributed by atoms with Gasteiger partial charge in [-0.25, -0.2) is 4.39 Å². The number of aliphatic carboxylic acids is 1. The summed E-state index contributed by atoms with van der Waals surface area (Å²) >= 11 is 0. The monoisotopic (exact) mass is 434 g/mol. The van der Waals surface area contributed by atoms with Gasteiger partial charge in [-0.3, -0.25) is 14.2 Å². The molecule has 0 heterocycles. The molecule has 0 aliphatic rings. The molecule has 0 aliphatic heterocycles. The number of benzene rings is 2. The molecule has 2 aromatic carbocycles. The van der Waals surface area contributed by atoms with Crippen molar-refractivity contribution < 1.29 is 28.2 Å². The highest BCUT2D eigenvalue weighted by molar-refractivity contribution is 7.40. The Morgan fingerprint density at radius 3 is 2.47 bits per heavy atom. The molecule has 0 amide bonds. The number of hydrogen-bond acceptors (Lipinski definition) is 4. The van der Waals surface area contributed by atoms with Crippen molar-refractivity contribution in [1.82, 2.24) is 0 Å². The number of carbonyl (C=O) groups is 2. The summed E-state index contributed by atoms with van der Waals surface area (Å²) in [6.07, 6.45) is 1.30. The number of ketones is 1. The lowest BCUT2D eigenvalue weighted by Crippen LogP contribution is -2.09. The first-order valence-electron chi connectivity index (χ1n) is 9.93. The maximum absolute atomic E-state index is 13.7. The lowest BCUT2D eigenvalue weighted by Gasteiger charge is -2.15. The van der Waals surface area contributed by atoms with Gasteiger partial charge in [0.15, 0.2) is 13.8 Å². The van der Waals surface area contributed by atoms with Crippen LogP contribution >= 0.6 is 8.03 Å². The zero-order valence-electron chi connectivity index (χ0n) is 17.6. The molecule has 2 aromatic rings. The molecule has 1 atom stereocenters. The summed E-state index contributed by atoms with van der Waals surface area (Å²) in [6, 6.07) is 9.38. The number of rotatable bonds is 11. The molecule has 0 bridgehead atoms. The summed E-state index contributed by atoms with van der Waals surface area (Å²) in [5.41, 5.74) is 6.17. The third-order valence-electron chi connectivity index (χ3n) is 4.86. The fourth-order valence-corrected chi connectivity index (χ4v) is 4.35. The summed E-state index contributed by atoms with van der Waals surface area (Å²) in [5, 5.41) is 8.55. The van der Waals surface area contributed by atoms with Gasteiger partial charge in [-0.2, -0.15) is 0 Å². The van der Waals surface area contributed by atoms with Crippen LogP contribution in [-0.2, 0) is 25.1 Å². The molecule has 0 radical (unpaired) electrons. The quantitative estimate of drug-likeness (QED) is 0.296. The minimum Gasteiger partial charge on any atom is -0.481 e. The van der Waals surface area contributed by atoms with E-state index in [-0.39, 0.29) is 18.6 Å². The molecule has 0 spiro atoms. The SMILES string of the molecule is Cc1cc(C)c(CCCCO[PH](=O)CC(=O)CC(=O)O)c(-c2ccc(F)c(C)c2)c1.